The third kappa shape index (κ3) is 16.6. The van der Waals surface area contributed by atoms with Gasteiger partial charge in [-0.25, -0.2) is 0 Å². The molecule has 24 heteroatoms. The minimum absolute atomic E-state index is 0. The quantitative estimate of drug-likeness (QED) is 0.114. The van der Waals surface area contributed by atoms with Crippen molar-refractivity contribution in [1.82, 2.24) is 0 Å². The molecule has 4 unspecified atom stereocenters. The van der Waals surface area contributed by atoms with Crippen LogP contribution in [0.3, 0.4) is 0 Å². The van der Waals surface area contributed by atoms with E-state index in [4.69, 9.17) is 0 Å². The monoisotopic (exact) mass is 942 g/mol. The van der Waals surface area contributed by atoms with Gasteiger partial charge in [-0.2, -0.15) is 0 Å². The fraction of sp³-hybridized carbons (Fsp3) is 0.500. The van der Waals surface area contributed by atoms with Crippen molar-refractivity contribution in [2.45, 2.75) is 49.1 Å². The minimum atomic E-state index is -3.35. The summed E-state index contributed by atoms with van der Waals surface area (Å²) in [5, 5.41) is 64.6. The van der Waals surface area contributed by atoms with Gasteiger partial charge in [0, 0.05) is 0 Å². The number of carbonyl (C=O) groups excluding carboxylic acids is 8. The van der Waals surface area contributed by atoms with E-state index in [2.05, 4.69) is 15.5 Å². The maximum absolute atomic E-state index is 12.2. The molecule has 0 amide bonds. The Kier molecular flexibility index (Phi) is 30.6. The number of carboxylic acid groups (broad SMARTS) is 4. The molecule has 40 heavy (non-hydrogen) atoms. The molecule has 0 saturated carbocycles. The number of carbonyl (C=O) groups is 8. The van der Waals surface area contributed by atoms with E-state index in [1.54, 1.807) is 0 Å². The van der Waals surface area contributed by atoms with Crippen LogP contribution in [-0.4, -0.2) is 128 Å². The van der Waals surface area contributed by atoms with Crippen LogP contribution in [0.5, 0.6) is 0 Å². The van der Waals surface area contributed by atoms with Gasteiger partial charge in [-0.15, -0.1) is 0 Å². The van der Waals surface area contributed by atoms with Gasteiger partial charge in [-0.1, -0.05) is 0 Å². The summed E-state index contributed by atoms with van der Waals surface area (Å²) in [5.74, 6) is -16.6. The molecule has 0 aromatic rings. The van der Waals surface area contributed by atoms with Crippen molar-refractivity contribution in [2.75, 3.05) is 0 Å². The van der Waals surface area contributed by atoms with Crippen LogP contribution < -0.4 is 123 Å². The number of hydrogen-bond acceptors (Lipinski definition) is 18. The first-order chi connectivity index (χ1) is 16.5. The van der Waals surface area contributed by atoms with Crippen LogP contribution in [0.1, 0.15) is 25.7 Å². The summed E-state index contributed by atoms with van der Waals surface area (Å²) < 4.78 is 17.2. The van der Waals surface area contributed by atoms with Crippen molar-refractivity contribution < 1.29 is 221 Å². The first kappa shape index (κ1) is 51.2. The zero-order valence-corrected chi connectivity index (χ0v) is 34.9. The molecule has 18 nitrogen and oxygen atoms in total. The van der Waals surface area contributed by atoms with E-state index in [0.29, 0.717) is 0 Å². The Morgan fingerprint density at radius 2 is 0.850 bits per heavy atom. The maximum atomic E-state index is 12.2. The van der Waals surface area contributed by atoms with Crippen LogP contribution in [0, 0.1) is 0 Å². The molecular formula is C16H16Cu2K2O18Sb2. The molecule has 222 valence electrons. The van der Waals surface area contributed by atoms with E-state index in [0.717, 1.165) is 0 Å². The van der Waals surface area contributed by atoms with Crippen LogP contribution in [0.15, 0.2) is 0 Å². The van der Waals surface area contributed by atoms with Gasteiger partial charge in [0.15, 0.2) is 0 Å². The Labute approximate surface area is 358 Å². The largest absolute Gasteiger partial charge is 1.00 e. The molecule has 0 spiro atoms. The summed E-state index contributed by atoms with van der Waals surface area (Å²) in [6, 6.07) is 0. The molecule has 0 saturated heterocycles. The van der Waals surface area contributed by atoms with Crippen molar-refractivity contribution >= 4 is 94.6 Å². The van der Waals surface area contributed by atoms with Crippen LogP contribution in [0.4, 0.5) is 0 Å². The number of rotatable bonds is 15. The van der Waals surface area contributed by atoms with Crippen molar-refractivity contribution in [3.63, 3.8) is 0 Å². The second-order valence-electron chi connectivity index (χ2n) is 6.73. The van der Waals surface area contributed by atoms with Crippen LogP contribution >= 0.6 is 0 Å². The van der Waals surface area contributed by atoms with Crippen molar-refractivity contribution in [3.05, 3.63) is 0 Å². The summed E-state index contributed by atoms with van der Waals surface area (Å²) in [7, 11) is 0. The fourth-order valence-corrected chi connectivity index (χ4v) is 2.90. The van der Waals surface area contributed by atoms with E-state index >= 15 is 0 Å². The van der Waals surface area contributed by atoms with Gasteiger partial charge in [0.25, 0.3) is 0 Å². The van der Waals surface area contributed by atoms with Crippen molar-refractivity contribution in [3.8, 4) is 0 Å². The van der Waals surface area contributed by atoms with E-state index in [-0.39, 0.29) is 184 Å². The second-order valence-corrected chi connectivity index (χ2v) is 8.07. The van der Waals surface area contributed by atoms with Gasteiger partial charge in [0.05, 0.1) is 0 Å². The summed E-state index contributed by atoms with van der Waals surface area (Å²) in [6.45, 7) is 0. The number of aliphatic hydroxyl groups excluding tert-OH is 2. The SMILES string of the molecule is O=C([O-])CC(CC(=O)[O][SbH2])(OC(=O)C(O)C(O)C(=O)OC(CC(=O)[O-])(CC(=O)[O][SbH2])C(=O)[O-])C(=O)[O-].[Cu+].[Cu+].[K+].[K+]. The van der Waals surface area contributed by atoms with Gasteiger partial charge in [0.1, 0.15) is 0 Å². The Bertz CT molecular complexity index is 881. The zero-order chi connectivity index (χ0) is 28.4. The smallest absolute Gasteiger partial charge is 1.00 e. The molecule has 0 aliphatic rings. The molecule has 0 aromatic heterocycles. The Morgan fingerprint density at radius 1 is 0.600 bits per heavy atom. The predicted octanol–water partition coefficient (Wildman–Crippen LogP) is -17.0. The van der Waals surface area contributed by atoms with E-state index in [9.17, 15) is 69.0 Å². The first-order valence-electron chi connectivity index (χ1n) is 8.90. The maximum Gasteiger partial charge on any atom is 1.00 e. The van der Waals surface area contributed by atoms with E-state index < -0.39 is 96.8 Å². The molecule has 0 aliphatic heterocycles. The summed E-state index contributed by atoms with van der Waals surface area (Å²) in [4.78, 5) is 92.2. The molecular weight excluding hydrogens is 929 g/mol. The number of carboxylic acids is 4. The third-order valence-corrected chi connectivity index (χ3v) is 5.60. The topological polar surface area (TPSA) is 306 Å². The molecule has 0 bridgehead atoms. The number of aliphatic hydroxyl groups is 2. The molecule has 0 radical (unpaired) electrons. The van der Waals surface area contributed by atoms with Crippen LogP contribution in [0.2, 0.25) is 0 Å². The molecule has 0 aliphatic carbocycles. The van der Waals surface area contributed by atoms with E-state index in [1.807, 2.05) is 0 Å². The van der Waals surface area contributed by atoms with Crippen LogP contribution in [-0.2, 0) is 88.0 Å². The third-order valence-electron chi connectivity index (χ3n) is 4.10. The molecule has 0 heterocycles. The molecule has 4 atom stereocenters. The summed E-state index contributed by atoms with van der Waals surface area (Å²) in [5.41, 5.74) is -6.70. The predicted molar refractivity (Wildman–Crippen MR) is 97.4 cm³/mol. The first-order valence-corrected chi connectivity index (χ1v) is 11.6. The fourth-order valence-electron chi connectivity index (χ4n) is 2.42. The Morgan fingerprint density at radius 3 is 1.02 bits per heavy atom. The van der Waals surface area contributed by atoms with Gasteiger partial charge in [-0.05, 0) is 0 Å². The normalized spacial score (nSPS) is 14.0. The molecule has 0 aromatic carbocycles. The molecule has 0 rings (SSSR count). The van der Waals surface area contributed by atoms with Gasteiger partial charge in [0.2, 0.25) is 0 Å². The molecule has 0 fully saturated rings. The van der Waals surface area contributed by atoms with E-state index in [1.165, 1.54) is 0 Å². The Hall–Kier alpha value is 1.63. The van der Waals surface area contributed by atoms with Crippen molar-refractivity contribution in [1.29, 1.82) is 0 Å². The standard InChI is InChI=1S/C16H18O18.2Cu.2K.2Sb.4H/c17-5(18)1-15(13(29)30,2-6(19)20)33-11(27)9(25)10(26)12(28)34-16(14(31)32,3-7(21)22)4-8(23)24;;;;;;;;;;/h9-10,25-26H,1-4H2,(H,17,18)(H,19,20)(H,21,22)(H,23,24)(H,29,30)(H,31,32);;;;;;;;;;/q;6*+1;;;;/p-6. The van der Waals surface area contributed by atoms with Gasteiger partial charge >= 0.3 is 365 Å². The van der Waals surface area contributed by atoms with Crippen molar-refractivity contribution in [2.24, 2.45) is 0 Å². The van der Waals surface area contributed by atoms with Crippen LogP contribution in [0.25, 0.3) is 0 Å². The summed E-state index contributed by atoms with van der Waals surface area (Å²) >= 11 is -0.476. The van der Waals surface area contributed by atoms with Gasteiger partial charge in [-0.3, -0.25) is 0 Å². The number of esters is 2. The number of aliphatic carboxylic acids is 4. The average molecular weight is 945 g/mol. The minimum Gasteiger partial charge on any atom is 1.00 e. The zero-order valence-electron chi connectivity index (χ0n) is 20.2. The summed E-state index contributed by atoms with van der Waals surface area (Å²) in [6.07, 6.45) is -12.7. The average Bonchev–Trinajstić information content (AvgIpc) is 2.76. The Balaban J connectivity index is -0.00000102. The second kappa shape index (κ2) is 23.9. The van der Waals surface area contributed by atoms with Gasteiger partial charge < -0.3 is 0 Å². The number of ether oxygens (including phenoxy) is 2. The number of hydrogen-bond donors (Lipinski definition) is 2. The molecule has 2 N–H and O–H groups in total.